The van der Waals surface area contributed by atoms with Gasteiger partial charge in [0.1, 0.15) is 6.10 Å². The van der Waals surface area contributed by atoms with Gasteiger partial charge in [0.2, 0.25) is 6.54 Å². The second-order valence-corrected chi connectivity index (χ2v) is 4.03. The molecule has 0 saturated carbocycles. The van der Waals surface area contributed by atoms with E-state index in [1.807, 2.05) is 0 Å². The number of benzene rings is 1. The number of methoxy groups -OCH3 is 1. The Bertz CT molecular complexity index is 494. The van der Waals surface area contributed by atoms with Gasteiger partial charge in [-0.1, -0.05) is 6.07 Å². The molecule has 0 bridgehead atoms. The summed E-state index contributed by atoms with van der Waals surface area (Å²) in [6, 6.07) is 3.30. The highest BCUT2D eigenvalue weighted by molar-refractivity contribution is 6.63. The van der Waals surface area contributed by atoms with Gasteiger partial charge in [0, 0.05) is 10.4 Å². The fourth-order valence-corrected chi connectivity index (χ4v) is 2.16. The lowest BCUT2D eigenvalue weighted by Crippen LogP contribution is -2.30. The molecular weight excluding hydrogens is 253 g/mol. The van der Waals surface area contributed by atoms with Crippen LogP contribution < -0.4 is 14.9 Å². The molecule has 1 unspecified atom stereocenters. The summed E-state index contributed by atoms with van der Waals surface area (Å²) in [5.74, 6) is 0.839. The number of fused-ring (bicyclic) bond motifs is 1. The lowest BCUT2D eigenvalue weighted by Gasteiger charge is -2.13. The molecule has 0 aliphatic carbocycles. The monoisotopic (exact) mass is 267 g/mol. The molecule has 1 aliphatic heterocycles. The fraction of sp³-hybridized carbons (Fsp3) is 0.455. The number of nitro groups is 1. The fourth-order valence-electron chi connectivity index (χ4n) is 2.16. The molecule has 19 heavy (non-hydrogen) atoms. The van der Waals surface area contributed by atoms with Crippen LogP contribution in [0.1, 0.15) is 18.6 Å². The molecule has 1 aliphatic rings. The van der Waals surface area contributed by atoms with E-state index >= 15 is 0 Å². The van der Waals surface area contributed by atoms with Crippen molar-refractivity contribution in [3.63, 3.8) is 0 Å². The first-order valence-electron chi connectivity index (χ1n) is 5.87. The largest absolute Gasteiger partial charge is 0.496 e. The molecule has 0 fully saturated rings. The van der Waals surface area contributed by atoms with Crippen LogP contribution in [0, 0.1) is 10.1 Å². The van der Waals surface area contributed by atoms with Crippen molar-refractivity contribution in [1.29, 1.82) is 0 Å². The number of hydrogen-bond donors (Lipinski definition) is 1. The number of hydrogen-bond acceptors (Lipinski definition) is 6. The Morgan fingerprint density at radius 2 is 2.32 bits per heavy atom. The van der Waals surface area contributed by atoms with Gasteiger partial charge >= 0.3 is 7.12 Å². The maximum Gasteiger partial charge on any atom is 0.496 e. The minimum absolute atomic E-state index is 0.376. The summed E-state index contributed by atoms with van der Waals surface area (Å²) in [5, 5.41) is 20.5. The maximum absolute atomic E-state index is 10.6. The molecule has 7 nitrogen and oxygen atoms in total. The summed E-state index contributed by atoms with van der Waals surface area (Å²) in [4.78, 5) is 10.1. The van der Waals surface area contributed by atoms with Crippen LogP contribution in [0.15, 0.2) is 12.1 Å². The molecule has 2 rings (SSSR count). The lowest BCUT2D eigenvalue weighted by atomic mass is 9.78. The average molecular weight is 267 g/mol. The summed E-state index contributed by atoms with van der Waals surface area (Å²) in [6.45, 7) is 1.79. The SMILES string of the molecule is CCOc1c(OC)ccc2c1B(O)OC2C[N+](=O)[O-]. The highest BCUT2D eigenvalue weighted by Gasteiger charge is 2.41. The van der Waals surface area contributed by atoms with Gasteiger partial charge in [-0.2, -0.15) is 0 Å². The molecule has 1 aromatic carbocycles. The van der Waals surface area contributed by atoms with Crippen molar-refractivity contribution in [2.24, 2.45) is 0 Å². The standard InChI is InChI=1S/C11H14BNO6/c1-3-18-11-8(17-2)5-4-7-9(6-13(15)16)19-12(14)10(7)11/h4-5,9,14H,3,6H2,1-2H3. The molecule has 1 aromatic rings. The smallest absolute Gasteiger partial charge is 0.493 e. The molecule has 1 atom stereocenters. The first kappa shape index (κ1) is 13.6. The number of ether oxygens (including phenoxy) is 2. The summed E-state index contributed by atoms with van der Waals surface area (Å²) in [6.07, 6.45) is -0.773. The molecule has 1 heterocycles. The molecule has 0 saturated heterocycles. The minimum Gasteiger partial charge on any atom is -0.493 e. The zero-order chi connectivity index (χ0) is 14.0. The second-order valence-electron chi connectivity index (χ2n) is 4.03. The van der Waals surface area contributed by atoms with Gasteiger partial charge in [-0.3, -0.25) is 10.1 Å². The van der Waals surface area contributed by atoms with E-state index in [1.54, 1.807) is 19.1 Å². The van der Waals surface area contributed by atoms with E-state index in [0.717, 1.165) is 0 Å². The van der Waals surface area contributed by atoms with Crippen molar-refractivity contribution in [2.75, 3.05) is 20.3 Å². The minimum atomic E-state index is -1.24. The Morgan fingerprint density at radius 1 is 1.58 bits per heavy atom. The van der Waals surface area contributed by atoms with Crippen molar-refractivity contribution in [2.45, 2.75) is 13.0 Å². The third kappa shape index (κ3) is 2.49. The molecule has 102 valence electrons. The van der Waals surface area contributed by atoms with Crippen molar-refractivity contribution in [3.8, 4) is 11.5 Å². The average Bonchev–Trinajstić information content (AvgIpc) is 2.66. The van der Waals surface area contributed by atoms with Gasteiger partial charge < -0.3 is 19.2 Å². The molecule has 1 N–H and O–H groups in total. The predicted molar refractivity (Wildman–Crippen MR) is 67.5 cm³/mol. The zero-order valence-corrected chi connectivity index (χ0v) is 10.7. The van der Waals surface area contributed by atoms with Gasteiger partial charge in [-0.25, -0.2) is 0 Å². The number of rotatable bonds is 5. The second kappa shape index (κ2) is 5.46. The molecule has 0 amide bonds. The van der Waals surface area contributed by atoms with Gasteiger partial charge in [0.15, 0.2) is 11.5 Å². The summed E-state index contributed by atoms with van der Waals surface area (Å²) in [5.41, 5.74) is 0.974. The molecular formula is C11H14BNO6. The summed E-state index contributed by atoms with van der Waals surface area (Å²) in [7, 11) is 0.248. The van der Waals surface area contributed by atoms with Crippen LogP contribution in [0.25, 0.3) is 0 Å². The van der Waals surface area contributed by atoms with Crippen molar-refractivity contribution < 1.29 is 24.1 Å². The number of nitrogens with zero attached hydrogens (tertiary/aromatic N) is 1. The lowest BCUT2D eigenvalue weighted by molar-refractivity contribution is -0.490. The van der Waals surface area contributed by atoms with E-state index in [0.29, 0.717) is 29.1 Å². The van der Waals surface area contributed by atoms with E-state index < -0.39 is 24.7 Å². The van der Waals surface area contributed by atoms with E-state index in [2.05, 4.69) is 0 Å². The zero-order valence-electron chi connectivity index (χ0n) is 10.7. The predicted octanol–water partition coefficient (Wildman–Crippen LogP) is 0.129. The van der Waals surface area contributed by atoms with Gasteiger partial charge in [-0.05, 0) is 18.6 Å². The maximum atomic E-state index is 10.6. The molecule has 0 aromatic heterocycles. The Kier molecular flexibility index (Phi) is 3.91. The van der Waals surface area contributed by atoms with E-state index in [9.17, 15) is 15.1 Å². The Hall–Kier alpha value is -1.80. The quantitative estimate of drug-likeness (QED) is 0.463. The van der Waals surface area contributed by atoms with Crippen LogP contribution in [0.3, 0.4) is 0 Å². The first-order chi connectivity index (χ1) is 9.08. The normalized spacial score (nSPS) is 17.2. The topological polar surface area (TPSA) is 91.1 Å². The summed E-state index contributed by atoms with van der Waals surface area (Å²) < 4.78 is 15.8. The van der Waals surface area contributed by atoms with Crippen molar-refractivity contribution in [3.05, 3.63) is 27.8 Å². The summed E-state index contributed by atoms with van der Waals surface area (Å²) >= 11 is 0. The van der Waals surface area contributed by atoms with Gasteiger partial charge in [0.05, 0.1) is 13.7 Å². The third-order valence-corrected chi connectivity index (χ3v) is 2.90. The van der Waals surface area contributed by atoms with Crippen molar-refractivity contribution >= 4 is 12.6 Å². The Morgan fingerprint density at radius 3 is 2.89 bits per heavy atom. The van der Waals surface area contributed by atoms with Crippen LogP contribution in [-0.4, -0.2) is 37.3 Å². The van der Waals surface area contributed by atoms with E-state index in [4.69, 9.17) is 14.1 Å². The van der Waals surface area contributed by atoms with Crippen molar-refractivity contribution in [1.82, 2.24) is 0 Å². The molecule has 8 heteroatoms. The highest BCUT2D eigenvalue weighted by Crippen LogP contribution is 2.34. The third-order valence-electron chi connectivity index (χ3n) is 2.90. The molecule has 0 spiro atoms. The first-order valence-corrected chi connectivity index (χ1v) is 5.87. The van der Waals surface area contributed by atoms with Crippen LogP contribution in [0.2, 0.25) is 0 Å². The van der Waals surface area contributed by atoms with E-state index in [1.165, 1.54) is 7.11 Å². The molecule has 0 radical (unpaired) electrons. The Balaban J connectivity index is 2.46. The van der Waals surface area contributed by atoms with Gasteiger partial charge in [0.25, 0.3) is 0 Å². The highest BCUT2D eigenvalue weighted by atomic mass is 16.6. The Labute approximate surface area is 110 Å². The van der Waals surface area contributed by atoms with Crippen LogP contribution in [0.5, 0.6) is 11.5 Å². The van der Waals surface area contributed by atoms with E-state index in [-0.39, 0.29) is 0 Å². The van der Waals surface area contributed by atoms with Crippen LogP contribution >= 0.6 is 0 Å². The van der Waals surface area contributed by atoms with Crippen LogP contribution in [-0.2, 0) is 4.65 Å². The van der Waals surface area contributed by atoms with Crippen LogP contribution in [0.4, 0.5) is 0 Å². The van der Waals surface area contributed by atoms with Gasteiger partial charge in [-0.15, -0.1) is 0 Å².